The van der Waals surface area contributed by atoms with Crippen molar-refractivity contribution in [2.75, 3.05) is 6.61 Å². The summed E-state index contributed by atoms with van der Waals surface area (Å²) in [5.41, 5.74) is -2.52. The number of rotatable bonds is 22. The van der Waals surface area contributed by atoms with Crippen LogP contribution >= 0.6 is 0 Å². The molecule has 0 aliphatic carbocycles. The second-order valence-electron chi connectivity index (χ2n) is 8.61. The predicted molar refractivity (Wildman–Crippen MR) is 120 cm³/mol. The van der Waals surface area contributed by atoms with Crippen LogP contribution in [-0.2, 0) is 19.1 Å². The standard InChI is InChI=1S/C24H44O7/c1-2-3-4-5-6-7-8-9-10-11-12-13-14-15-16-17-18-31-23(29)24(30,19-21(25)26)20-22(27)28/h30H,2-20H2,1H3,(H,25,26)(H,27,28). The van der Waals surface area contributed by atoms with Crippen molar-refractivity contribution in [3.05, 3.63) is 0 Å². The van der Waals surface area contributed by atoms with E-state index < -0.39 is 36.4 Å². The van der Waals surface area contributed by atoms with Crippen LogP contribution in [0.1, 0.15) is 122 Å². The number of unbranched alkanes of at least 4 members (excludes halogenated alkanes) is 15. The molecule has 0 unspecified atom stereocenters. The van der Waals surface area contributed by atoms with E-state index in [-0.39, 0.29) is 6.61 Å². The van der Waals surface area contributed by atoms with Crippen LogP contribution in [0.3, 0.4) is 0 Å². The second kappa shape index (κ2) is 19.1. The Kier molecular flexibility index (Phi) is 18.1. The molecule has 0 spiro atoms. The molecule has 31 heavy (non-hydrogen) atoms. The highest BCUT2D eigenvalue weighted by molar-refractivity contribution is 5.89. The van der Waals surface area contributed by atoms with Crippen LogP contribution in [0, 0.1) is 0 Å². The van der Waals surface area contributed by atoms with Gasteiger partial charge in [-0.2, -0.15) is 0 Å². The minimum absolute atomic E-state index is 0.0544. The zero-order chi connectivity index (χ0) is 23.4. The molecule has 3 N–H and O–H groups in total. The van der Waals surface area contributed by atoms with E-state index in [4.69, 9.17) is 14.9 Å². The lowest BCUT2D eigenvalue weighted by molar-refractivity contribution is -0.175. The summed E-state index contributed by atoms with van der Waals surface area (Å²) in [4.78, 5) is 33.4. The number of carbonyl (C=O) groups is 3. The molecule has 7 nitrogen and oxygen atoms in total. The molecule has 0 heterocycles. The molecule has 0 aliphatic rings. The normalized spacial score (nSPS) is 11.4. The minimum atomic E-state index is -2.52. The van der Waals surface area contributed by atoms with E-state index in [0.717, 1.165) is 19.3 Å². The van der Waals surface area contributed by atoms with Gasteiger partial charge >= 0.3 is 17.9 Å². The van der Waals surface area contributed by atoms with E-state index in [1.807, 2.05) is 0 Å². The third kappa shape index (κ3) is 17.7. The summed E-state index contributed by atoms with van der Waals surface area (Å²) in [6.07, 6.45) is 17.6. The Balaban J connectivity index is 3.57. The molecule has 0 rings (SSSR count). The van der Waals surface area contributed by atoms with Crippen molar-refractivity contribution >= 4 is 17.9 Å². The summed E-state index contributed by atoms with van der Waals surface area (Å²) in [6.45, 7) is 2.30. The molecular formula is C24H44O7. The fourth-order valence-electron chi connectivity index (χ4n) is 3.66. The van der Waals surface area contributed by atoms with Crippen LogP contribution < -0.4 is 0 Å². The lowest BCUT2D eigenvalue weighted by Crippen LogP contribution is -2.44. The Labute approximate surface area is 187 Å². The third-order valence-electron chi connectivity index (χ3n) is 5.50. The zero-order valence-electron chi connectivity index (χ0n) is 19.4. The molecule has 0 atom stereocenters. The highest BCUT2D eigenvalue weighted by atomic mass is 16.5. The SMILES string of the molecule is CCCCCCCCCCCCCCCCCCOC(=O)C(O)(CC(=O)O)CC(=O)O. The van der Waals surface area contributed by atoms with Gasteiger partial charge in [-0.15, -0.1) is 0 Å². The maximum atomic E-state index is 11.9. The van der Waals surface area contributed by atoms with Gasteiger partial charge in [0.15, 0.2) is 5.60 Å². The molecule has 0 amide bonds. The van der Waals surface area contributed by atoms with E-state index in [1.165, 1.54) is 77.0 Å². The van der Waals surface area contributed by atoms with Gasteiger partial charge < -0.3 is 20.1 Å². The van der Waals surface area contributed by atoms with E-state index in [2.05, 4.69) is 6.92 Å². The predicted octanol–water partition coefficient (Wildman–Crippen LogP) is 5.47. The summed E-state index contributed by atoms with van der Waals surface area (Å²) in [6, 6.07) is 0. The average Bonchev–Trinajstić information content (AvgIpc) is 2.68. The maximum absolute atomic E-state index is 11.9. The molecule has 182 valence electrons. The van der Waals surface area contributed by atoms with Crippen molar-refractivity contribution in [3.63, 3.8) is 0 Å². The molecule has 0 saturated carbocycles. The van der Waals surface area contributed by atoms with Crippen LogP contribution in [0.4, 0.5) is 0 Å². The third-order valence-corrected chi connectivity index (χ3v) is 5.50. The molecule has 0 saturated heterocycles. The van der Waals surface area contributed by atoms with Gasteiger partial charge in [0.05, 0.1) is 19.4 Å². The number of carbonyl (C=O) groups excluding carboxylic acids is 1. The smallest absolute Gasteiger partial charge is 0.339 e. The van der Waals surface area contributed by atoms with Gasteiger partial charge in [0, 0.05) is 0 Å². The highest BCUT2D eigenvalue weighted by Crippen LogP contribution is 2.19. The minimum Gasteiger partial charge on any atom is -0.481 e. The Morgan fingerprint density at radius 2 is 0.935 bits per heavy atom. The zero-order valence-corrected chi connectivity index (χ0v) is 19.4. The summed E-state index contributed by atoms with van der Waals surface area (Å²) in [5.74, 6) is -4.09. The number of aliphatic carboxylic acids is 2. The van der Waals surface area contributed by atoms with Crippen LogP contribution in [0.5, 0.6) is 0 Å². The van der Waals surface area contributed by atoms with Crippen molar-refractivity contribution < 1.29 is 34.4 Å². The Hall–Kier alpha value is -1.63. The van der Waals surface area contributed by atoms with Crippen LogP contribution in [-0.4, -0.2) is 45.4 Å². The Bertz CT molecular complexity index is 474. The summed E-state index contributed by atoms with van der Waals surface area (Å²) in [5, 5.41) is 27.6. The van der Waals surface area contributed by atoms with Crippen molar-refractivity contribution in [1.82, 2.24) is 0 Å². The van der Waals surface area contributed by atoms with Gasteiger partial charge in [0.25, 0.3) is 0 Å². The van der Waals surface area contributed by atoms with Crippen LogP contribution in [0.25, 0.3) is 0 Å². The lowest BCUT2D eigenvalue weighted by Gasteiger charge is -2.22. The Morgan fingerprint density at radius 3 is 1.26 bits per heavy atom. The average molecular weight is 445 g/mol. The molecule has 0 aromatic rings. The van der Waals surface area contributed by atoms with E-state index >= 15 is 0 Å². The van der Waals surface area contributed by atoms with Gasteiger partial charge in [0.2, 0.25) is 0 Å². The fraction of sp³-hybridized carbons (Fsp3) is 0.875. The molecule has 0 radical (unpaired) electrons. The van der Waals surface area contributed by atoms with Gasteiger partial charge in [0.1, 0.15) is 0 Å². The monoisotopic (exact) mass is 444 g/mol. The van der Waals surface area contributed by atoms with Gasteiger partial charge in [-0.05, 0) is 6.42 Å². The van der Waals surface area contributed by atoms with Crippen molar-refractivity contribution in [2.24, 2.45) is 0 Å². The molecule has 0 aromatic carbocycles. The lowest BCUT2D eigenvalue weighted by atomic mass is 9.96. The van der Waals surface area contributed by atoms with Gasteiger partial charge in [-0.1, -0.05) is 103 Å². The highest BCUT2D eigenvalue weighted by Gasteiger charge is 2.42. The van der Waals surface area contributed by atoms with Gasteiger partial charge in [-0.25, -0.2) is 4.79 Å². The topological polar surface area (TPSA) is 121 Å². The summed E-state index contributed by atoms with van der Waals surface area (Å²) >= 11 is 0. The summed E-state index contributed by atoms with van der Waals surface area (Å²) in [7, 11) is 0. The Morgan fingerprint density at radius 1 is 0.613 bits per heavy atom. The van der Waals surface area contributed by atoms with Crippen LogP contribution in [0.2, 0.25) is 0 Å². The number of ether oxygens (including phenoxy) is 1. The van der Waals surface area contributed by atoms with Gasteiger partial charge in [-0.3, -0.25) is 9.59 Å². The fourth-order valence-corrected chi connectivity index (χ4v) is 3.66. The quantitative estimate of drug-likeness (QED) is 0.149. The number of hydrogen-bond donors (Lipinski definition) is 3. The number of esters is 1. The molecule has 0 bridgehead atoms. The van der Waals surface area contributed by atoms with Crippen molar-refractivity contribution in [3.8, 4) is 0 Å². The van der Waals surface area contributed by atoms with Crippen molar-refractivity contribution in [2.45, 2.75) is 128 Å². The van der Waals surface area contributed by atoms with E-state index in [1.54, 1.807) is 0 Å². The molecule has 0 aliphatic heterocycles. The van der Waals surface area contributed by atoms with Crippen LogP contribution in [0.15, 0.2) is 0 Å². The second-order valence-corrected chi connectivity index (χ2v) is 8.61. The number of carboxylic acids is 2. The number of carboxylic acid groups (broad SMARTS) is 2. The van der Waals surface area contributed by atoms with E-state index in [9.17, 15) is 19.5 Å². The maximum Gasteiger partial charge on any atom is 0.339 e. The molecule has 7 heteroatoms. The number of hydrogen-bond acceptors (Lipinski definition) is 5. The van der Waals surface area contributed by atoms with E-state index in [0.29, 0.717) is 6.42 Å². The molecule has 0 aromatic heterocycles. The molecular weight excluding hydrogens is 400 g/mol. The first-order valence-corrected chi connectivity index (χ1v) is 12.1. The largest absolute Gasteiger partial charge is 0.481 e. The first-order valence-electron chi connectivity index (χ1n) is 12.1. The first kappa shape index (κ1) is 29.4. The summed E-state index contributed by atoms with van der Waals surface area (Å²) < 4.78 is 4.91. The number of aliphatic hydroxyl groups is 1. The molecule has 0 fully saturated rings. The van der Waals surface area contributed by atoms with Crippen molar-refractivity contribution in [1.29, 1.82) is 0 Å². The first-order chi connectivity index (χ1) is 14.8.